The second-order valence-corrected chi connectivity index (χ2v) is 20.1. The van der Waals surface area contributed by atoms with Crippen LogP contribution >= 0.6 is 15.6 Å². The molecule has 0 aromatic carbocycles. The van der Waals surface area contributed by atoms with E-state index in [2.05, 4.69) is 18.4 Å². The molecule has 0 spiro atoms. The molecule has 1 aliphatic rings. The van der Waals surface area contributed by atoms with Gasteiger partial charge in [-0.05, 0) is 12.8 Å². The van der Waals surface area contributed by atoms with Gasteiger partial charge in [-0.25, -0.2) is 13.9 Å². The van der Waals surface area contributed by atoms with Crippen LogP contribution in [0.4, 0.5) is 4.79 Å². The maximum atomic E-state index is 13.0. The van der Waals surface area contributed by atoms with E-state index >= 15 is 0 Å². The predicted octanol–water partition coefficient (Wildman–Crippen LogP) is 9.62. The highest BCUT2D eigenvalue weighted by Gasteiger charge is 2.54. The van der Waals surface area contributed by atoms with Gasteiger partial charge in [0.15, 0.2) is 6.10 Å². The molecule has 0 heterocycles. The molecule has 1 rings (SSSR count). The molecule has 1 unspecified atom stereocenters. The average Bonchev–Trinajstić information content (AvgIpc) is 3.25. The second-order valence-electron chi connectivity index (χ2n) is 17.5. The molecule has 19 heteroatoms. The number of aliphatic hydroxyl groups excluding tert-OH is 4. The van der Waals surface area contributed by atoms with Gasteiger partial charge in [0, 0.05) is 6.42 Å². The first-order valence-corrected chi connectivity index (χ1v) is 27.7. The van der Waals surface area contributed by atoms with E-state index in [-0.39, 0.29) is 13.0 Å². The molecule has 0 bridgehead atoms. The van der Waals surface area contributed by atoms with E-state index in [0.29, 0.717) is 12.8 Å². The number of carbonyl (C=O) groups is 2. The highest BCUT2D eigenvalue weighted by Crippen LogP contribution is 2.49. The summed E-state index contributed by atoms with van der Waals surface area (Å²) in [6.07, 6.45) is 19.1. The number of carbonyl (C=O) groups excluding carboxylic acids is 2. The van der Waals surface area contributed by atoms with Crippen LogP contribution in [0.3, 0.4) is 0 Å². The van der Waals surface area contributed by atoms with Gasteiger partial charge in [0.05, 0.1) is 13.2 Å². The summed E-state index contributed by atoms with van der Waals surface area (Å²) in [4.78, 5) is 54.0. The minimum atomic E-state index is -5.37. The number of ether oxygens (including phenoxy) is 3. The number of hydrogen-bond donors (Lipinski definition) is 7. The van der Waals surface area contributed by atoms with Crippen molar-refractivity contribution in [3.63, 3.8) is 0 Å². The first-order chi connectivity index (χ1) is 30.6. The summed E-state index contributed by atoms with van der Waals surface area (Å²) in [5.74, 6) is -0.588. The summed E-state index contributed by atoms with van der Waals surface area (Å²) in [7, 11) is -10.7. The van der Waals surface area contributed by atoms with E-state index in [1.807, 2.05) is 0 Å². The largest absolute Gasteiger partial charge is 0.508 e. The number of hydrogen-bond acceptors (Lipinski definition) is 14. The molecule has 1 fully saturated rings. The van der Waals surface area contributed by atoms with Gasteiger partial charge in [-0.1, -0.05) is 194 Å². The molecular formula is C45H88O17P2. The Morgan fingerprint density at radius 3 is 1.25 bits per heavy atom. The van der Waals surface area contributed by atoms with Crippen LogP contribution in [0.25, 0.3) is 0 Å². The molecule has 8 atom stereocenters. The number of unbranched alkanes of at least 4 members (excludes halogenated alkanes) is 28. The van der Waals surface area contributed by atoms with E-state index in [9.17, 15) is 44.0 Å². The molecular weight excluding hydrogens is 874 g/mol. The fourth-order valence-corrected chi connectivity index (χ4v) is 9.30. The third kappa shape index (κ3) is 31.7. The molecule has 0 amide bonds. The monoisotopic (exact) mass is 963 g/mol. The highest BCUT2D eigenvalue weighted by molar-refractivity contribution is 7.47. The van der Waals surface area contributed by atoms with Gasteiger partial charge in [0.25, 0.3) is 0 Å². The van der Waals surface area contributed by atoms with Crippen molar-refractivity contribution >= 4 is 27.8 Å². The lowest BCUT2D eigenvalue weighted by Gasteiger charge is -2.43. The van der Waals surface area contributed by atoms with Crippen molar-refractivity contribution in [2.24, 2.45) is 0 Å². The second kappa shape index (κ2) is 37.7. The third-order valence-corrected chi connectivity index (χ3v) is 13.1. The van der Waals surface area contributed by atoms with Crippen LogP contribution in [0.5, 0.6) is 0 Å². The first-order valence-electron chi connectivity index (χ1n) is 24.7. The fourth-order valence-electron chi connectivity index (χ4n) is 7.77. The zero-order valence-electron chi connectivity index (χ0n) is 39.2. The van der Waals surface area contributed by atoms with Gasteiger partial charge in [-0.15, -0.1) is 0 Å². The molecule has 7 N–H and O–H groups in total. The number of rotatable bonds is 42. The van der Waals surface area contributed by atoms with Crippen molar-refractivity contribution < 1.29 is 81.6 Å². The Hall–Kier alpha value is -1.20. The summed E-state index contributed by atoms with van der Waals surface area (Å²) < 4.78 is 54.2. The number of aliphatic hydroxyl groups is 4. The zero-order valence-corrected chi connectivity index (χ0v) is 41.0. The van der Waals surface area contributed by atoms with Crippen LogP contribution in [0.1, 0.15) is 213 Å². The molecule has 1 saturated carbocycles. The predicted molar refractivity (Wildman–Crippen MR) is 243 cm³/mol. The fraction of sp³-hybridized carbons (Fsp3) is 0.956. The minimum absolute atomic E-state index is 0.0503. The molecule has 0 saturated heterocycles. The van der Waals surface area contributed by atoms with E-state index in [0.717, 1.165) is 51.4 Å². The molecule has 64 heavy (non-hydrogen) atoms. The quantitative estimate of drug-likeness (QED) is 0.0170. The lowest BCUT2D eigenvalue weighted by Crippen LogP contribution is -2.64. The number of phosphoric ester groups is 2. The highest BCUT2D eigenvalue weighted by atomic mass is 31.2. The summed E-state index contributed by atoms with van der Waals surface area (Å²) >= 11 is 0. The average molecular weight is 963 g/mol. The van der Waals surface area contributed by atoms with Gasteiger partial charge in [-0.3, -0.25) is 18.4 Å². The molecule has 0 aliphatic heterocycles. The lowest BCUT2D eigenvalue weighted by atomic mass is 9.85. The maximum Gasteiger partial charge on any atom is 0.508 e. The van der Waals surface area contributed by atoms with Crippen LogP contribution in [0, 0.1) is 0 Å². The van der Waals surface area contributed by atoms with Gasteiger partial charge in [-0.2, -0.15) is 0 Å². The van der Waals surface area contributed by atoms with Gasteiger partial charge in [0.2, 0.25) is 0 Å². The SMILES string of the molecule is CCCCCCCCCCCCCCCCCOC(=O)O[C@H](COC(=O)CCCCCCCCCCCCCCCCC)COP(=O)(O)O[C@@H]1[C@H](O)[C@H](OP(=O)(O)O)[C@@H](O)[C@H](O)[C@H]1O. The Bertz CT molecular complexity index is 1260. The van der Waals surface area contributed by atoms with E-state index in [4.69, 9.17) is 33.0 Å². The Kier molecular flexibility index (Phi) is 35.9. The summed E-state index contributed by atoms with van der Waals surface area (Å²) in [6.45, 7) is 3.03. The van der Waals surface area contributed by atoms with Crippen molar-refractivity contribution in [1.82, 2.24) is 0 Å². The Morgan fingerprint density at radius 1 is 0.469 bits per heavy atom. The van der Waals surface area contributed by atoms with Gasteiger partial charge >= 0.3 is 27.8 Å². The summed E-state index contributed by atoms with van der Waals surface area (Å²) in [6, 6.07) is 0. The third-order valence-electron chi connectivity index (χ3n) is 11.6. The van der Waals surface area contributed by atoms with Crippen LogP contribution in [-0.2, 0) is 41.7 Å². The smallest absolute Gasteiger partial charge is 0.462 e. The van der Waals surface area contributed by atoms with Crippen molar-refractivity contribution in [2.45, 2.75) is 256 Å². The van der Waals surface area contributed by atoms with Crippen molar-refractivity contribution in [3.8, 4) is 0 Å². The van der Waals surface area contributed by atoms with Crippen molar-refractivity contribution in [2.75, 3.05) is 19.8 Å². The zero-order chi connectivity index (χ0) is 47.5. The Balaban J connectivity index is 2.55. The van der Waals surface area contributed by atoms with Crippen LogP contribution in [-0.4, -0.2) is 110 Å². The summed E-state index contributed by atoms with van der Waals surface area (Å²) in [5.41, 5.74) is 0. The number of phosphoric acid groups is 2. The first kappa shape index (κ1) is 60.8. The minimum Gasteiger partial charge on any atom is -0.462 e. The van der Waals surface area contributed by atoms with Crippen molar-refractivity contribution in [3.05, 3.63) is 0 Å². The van der Waals surface area contributed by atoms with Gasteiger partial charge < -0.3 is 49.3 Å². The standard InChI is InChI=1S/C45H88O17P2/c1-3-5-7-9-11-13-15-17-19-21-23-25-27-29-31-33-38(46)58-35-37(60-45(51)57-34-32-30-28-26-24-22-20-18-16-14-12-10-8-6-4-2)36-59-64(55,56)62-44-41(49)39(47)40(48)43(42(44)50)61-63(52,53)54/h37,39-44,47-50H,3-36H2,1-2H3,(H,55,56)(H2,52,53,54)/t37-,39+,40+,41-,42-,43-,44+/m1/s1. The summed E-state index contributed by atoms with van der Waals surface area (Å²) in [5, 5.41) is 41.2. The molecule has 17 nitrogen and oxygen atoms in total. The van der Waals surface area contributed by atoms with Crippen LogP contribution in [0.2, 0.25) is 0 Å². The normalized spacial score (nSPS) is 21.6. The topological polar surface area (TPSA) is 265 Å². The molecule has 380 valence electrons. The maximum absolute atomic E-state index is 13.0. The Morgan fingerprint density at radius 2 is 0.844 bits per heavy atom. The molecule has 0 aromatic rings. The van der Waals surface area contributed by atoms with E-state index in [1.165, 1.54) is 128 Å². The van der Waals surface area contributed by atoms with Crippen LogP contribution < -0.4 is 0 Å². The van der Waals surface area contributed by atoms with E-state index in [1.54, 1.807) is 0 Å². The van der Waals surface area contributed by atoms with Gasteiger partial charge in [0.1, 0.15) is 43.2 Å². The van der Waals surface area contributed by atoms with Crippen molar-refractivity contribution in [1.29, 1.82) is 0 Å². The van der Waals surface area contributed by atoms with E-state index < -0.39 is 83.7 Å². The molecule has 0 aromatic heterocycles. The number of esters is 1. The van der Waals surface area contributed by atoms with Crippen LogP contribution in [0.15, 0.2) is 0 Å². The Labute approximate surface area is 383 Å². The lowest BCUT2D eigenvalue weighted by molar-refractivity contribution is -0.216. The molecule has 1 aliphatic carbocycles. The molecule has 0 radical (unpaired) electrons.